The molecule has 3 rings (SSSR count). The molecular formula is C18H13ClN4O3. The normalized spacial score (nSPS) is 10.7. The topological polar surface area (TPSA) is 89.7 Å². The molecule has 8 heteroatoms. The molecule has 0 saturated carbocycles. The third kappa shape index (κ3) is 4.34. The van der Waals surface area contributed by atoms with Gasteiger partial charge < -0.3 is 4.74 Å². The van der Waals surface area contributed by atoms with Crippen molar-refractivity contribution < 1.29 is 9.66 Å². The van der Waals surface area contributed by atoms with Gasteiger partial charge in [-0.25, -0.2) is 4.98 Å². The molecule has 0 fully saturated rings. The second-order valence-electron chi connectivity index (χ2n) is 5.10. The third-order valence-electron chi connectivity index (χ3n) is 3.29. The van der Waals surface area contributed by atoms with Crippen molar-refractivity contribution in [3.05, 3.63) is 87.6 Å². The van der Waals surface area contributed by atoms with E-state index in [1.165, 1.54) is 18.3 Å². The van der Waals surface area contributed by atoms with Crippen LogP contribution in [0.15, 0.2) is 72.0 Å². The summed E-state index contributed by atoms with van der Waals surface area (Å²) in [7, 11) is 0. The predicted molar refractivity (Wildman–Crippen MR) is 100 cm³/mol. The summed E-state index contributed by atoms with van der Waals surface area (Å²) in [5, 5.41) is 15.8. The molecule has 3 aromatic rings. The summed E-state index contributed by atoms with van der Waals surface area (Å²) < 4.78 is 5.59. The van der Waals surface area contributed by atoms with Crippen molar-refractivity contribution in [3.8, 4) is 11.5 Å². The van der Waals surface area contributed by atoms with E-state index in [4.69, 9.17) is 16.3 Å². The minimum atomic E-state index is -0.518. The number of halogens is 1. The number of nitrogens with zero attached hydrogens (tertiary/aromatic N) is 3. The number of pyridine rings is 1. The Balaban J connectivity index is 1.80. The number of aromatic nitrogens is 1. The van der Waals surface area contributed by atoms with Crippen LogP contribution in [0.5, 0.6) is 11.5 Å². The first kappa shape index (κ1) is 17.4. The molecule has 1 aromatic heterocycles. The number of nitro benzene ring substituents is 1. The Morgan fingerprint density at radius 3 is 2.65 bits per heavy atom. The number of para-hydroxylation sites is 1. The molecule has 26 heavy (non-hydrogen) atoms. The molecule has 130 valence electrons. The van der Waals surface area contributed by atoms with E-state index in [0.717, 1.165) is 0 Å². The number of anilines is 1. The first-order chi connectivity index (χ1) is 12.6. The number of hydrazone groups is 1. The highest BCUT2D eigenvalue weighted by atomic mass is 35.5. The molecule has 0 aliphatic carbocycles. The van der Waals surface area contributed by atoms with E-state index in [-0.39, 0.29) is 11.4 Å². The van der Waals surface area contributed by atoms with Crippen molar-refractivity contribution in [1.29, 1.82) is 0 Å². The molecular weight excluding hydrogens is 356 g/mol. The SMILES string of the molecule is O=[N+]([O-])c1cc(/C=N/Nc2ccccn2)ccc1Oc1ccccc1Cl. The van der Waals surface area contributed by atoms with Crippen LogP contribution in [0.1, 0.15) is 5.56 Å². The Kier molecular flexibility index (Phi) is 5.40. The number of nitrogens with one attached hydrogen (secondary N) is 1. The van der Waals surface area contributed by atoms with E-state index in [1.54, 1.807) is 48.7 Å². The van der Waals surface area contributed by atoms with Gasteiger partial charge in [0, 0.05) is 17.8 Å². The van der Waals surface area contributed by atoms with Crippen LogP contribution < -0.4 is 10.2 Å². The standard InChI is InChI=1S/C18H13ClN4O3/c19-14-5-1-2-6-16(14)26-17-9-8-13(11-15(17)23(24)25)12-21-22-18-7-3-4-10-20-18/h1-12H,(H,20,22)/b21-12+. The molecule has 2 aromatic carbocycles. The van der Waals surface area contributed by atoms with Gasteiger partial charge in [0.05, 0.1) is 16.2 Å². The monoisotopic (exact) mass is 368 g/mol. The lowest BCUT2D eigenvalue weighted by Gasteiger charge is -2.08. The van der Waals surface area contributed by atoms with Crippen LogP contribution >= 0.6 is 11.6 Å². The molecule has 0 aliphatic rings. The van der Waals surface area contributed by atoms with Crippen LogP contribution in [0.2, 0.25) is 5.02 Å². The molecule has 0 radical (unpaired) electrons. The minimum absolute atomic E-state index is 0.0953. The zero-order valence-corrected chi connectivity index (χ0v) is 14.1. The van der Waals surface area contributed by atoms with Crippen molar-refractivity contribution in [2.45, 2.75) is 0 Å². The van der Waals surface area contributed by atoms with Gasteiger partial charge in [-0.2, -0.15) is 5.10 Å². The molecule has 0 saturated heterocycles. The fraction of sp³-hybridized carbons (Fsp3) is 0. The van der Waals surface area contributed by atoms with Crippen molar-refractivity contribution in [2.75, 3.05) is 5.43 Å². The summed E-state index contributed by atoms with van der Waals surface area (Å²) >= 11 is 6.03. The van der Waals surface area contributed by atoms with Gasteiger partial charge in [-0.3, -0.25) is 15.5 Å². The van der Waals surface area contributed by atoms with E-state index in [9.17, 15) is 10.1 Å². The molecule has 0 aliphatic heterocycles. The molecule has 0 amide bonds. The van der Waals surface area contributed by atoms with Gasteiger partial charge in [-0.1, -0.05) is 29.8 Å². The van der Waals surface area contributed by atoms with Gasteiger partial charge in [0.15, 0.2) is 0 Å². The summed E-state index contributed by atoms with van der Waals surface area (Å²) in [6.45, 7) is 0. The van der Waals surface area contributed by atoms with Crippen LogP contribution in [0.4, 0.5) is 11.5 Å². The highest BCUT2D eigenvalue weighted by Gasteiger charge is 2.17. The Morgan fingerprint density at radius 1 is 1.12 bits per heavy atom. The molecule has 0 spiro atoms. The molecule has 0 bridgehead atoms. The van der Waals surface area contributed by atoms with E-state index in [2.05, 4.69) is 15.5 Å². The lowest BCUT2D eigenvalue weighted by molar-refractivity contribution is -0.385. The number of benzene rings is 2. The largest absolute Gasteiger partial charge is 0.449 e. The number of nitro groups is 1. The minimum Gasteiger partial charge on any atom is -0.449 e. The van der Waals surface area contributed by atoms with E-state index in [0.29, 0.717) is 22.2 Å². The second kappa shape index (κ2) is 8.09. The Labute approximate surface area is 154 Å². The van der Waals surface area contributed by atoms with Gasteiger partial charge in [-0.05, 0) is 36.4 Å². The van der Waals surface area contributed by atoms with Crippen molar-refractivity contribution in [2.24, 2.45) is 5.10 Å². The lowest BCUT2D eigenvalue weighted by Crippen LogP contribution is -1.97. The van der Waals surface area contributed by atoms with Crippen LogP contribution in [0.3, 0.4) is 0 Å². The predicted octanol–water partition coefficient (Wildman–Crippen LogP) is 4.88. The zero-order chi connectivity index (χ0) is 18.4. The van der Waals surface area contributed by atoms with Crippen LogP contribution in [0.25, 0.3) is 0 Å². The van der Waals surface area contributed by atoms with Crippen LogP contribution in [-0.4, -0.2) is 16.1 Å². The summed E-state index contributed by atoms with van der Waals surface area (Å²) in [4.78, 5) is 14.9. The summed E-state index contributed by atoms with van der Waals surface area (Å²) in [5.74, 6) is 1.00. The van der Waals surface area contributed by atoms with Gasteiger partial charge in [-0.15, -0.1) is 0 Å². The molecule has 1 heterocycles. The lowest BCUT2D eigenvalue weighted by atomic mass is 10.2. The number of rotatable bonds is 6. The number of hydrogen-bond acceptors (Lipinski definition) is 6. The van der Waals surface area contributed by atoms with Crippen LogP contribution in [-0.2, 0) is 0 Å². The number of hydrogen-bond donors (Lipinski definition) is 1. The summed E-state index contributed by atoms with van der Waals surface area (Å²) in [6, 6.07) is 16.6. The van der Waals surface area contributed by atoms with Gasteiger partial charge >= 0.3 is 5.69 Å². The smallest absolute Gasteiger partial charge is 0.312 e. The Bertz CT molecular complexity index is 948. The zero-order valence-electron chi connectivity index (χ0n) is 13.4. The van der Waals surface area contributed by atoms with E-state index < -0.39 is 4.92 Å². The van der Waals surface area contributed by atoms with Gasteiger partial charge in [0.1, 0.15) is 11.6 Å². The number of ether oxygens (including phenoxy) is 1. The first-order valence-corrected chi connectivity index (χ1v) is 7.92. The summed E-state index contributed by atoms with van der Waals surface area (Å²) in [5.41, 5.74) is 3.09. The third-order valence-corrected chi connectivity index (χ3v) is 3.61. The van der Waals surface area contributed by atoms with Crippen molar-refractivity contribution >= 4 is 29.3 Å². The quantitative estimate of drug-likeness (QED) is 0.380. The molecule has 1 N–H and O–H groups in total. The van der Waals surface area contributed by atoms with E-state index in [1.807, 2.05) is 6.07 Å². The summed E-state index contributed by atoms with van der Waals surface area (Å²) in [6.07, 6.45) is 3.09. The average Bonchev–Trinajstić information content (AvgIpc) is 2.65. The highest BCUT2D eigenvalue weighted by molar-refractivity contribution is 6.32. The first-order valence-electron chi connectivity index (χ1n) is 7.54. The maximum atomic E-state index is 11.4. The fourth-order valence-corrected chi connectivity index (χ4v) is 2.27. The fourth-order valence-electron chi connectivity index (χ4n) is 2.09. The average molecular weight is 369 g/mol. The maximum absolute atomic E-state index is 11.4. The Hall–Kier alpha value is -3.45. The van der Waals surface area contributed by atoms with Crippen LogP contribution in [0, 0.1) is 10.1 Å². The molecule has 0 unspecified atom stereocenters. The van der Waals surface area contributed by atoms with Crippen molar-refractivity contribution in [1.82, 2.24) is 4.98 Å². The molecule has 7 nitrogen and oxygen atoms in total. The Morgan fingerprint density at radius 2 is 1.92 bits per heavy atom. The van der Waals surface area contributed by atoms with Gasteiger partial charge in [0.2, 0.25) is 5.75 Å². The highest BCUT2D eigenvalue weighted by Crippen LogP contribution is 2.35. The second-order valence-corrected chi connectivity index (χ2v) is 5.51. The molecule has 0 atom stereocenters. The maximum Gasteiger partial charge on any atom is 0.312 e. The van der Waals surface area contributed by atoms with E-state index >= 15 is 0 Å². The van der Waals surface area contributed by atoms with Crippen molar-refractivity contribution in [3.63, 3.8) is 0 Å². The van der Waals surface area contributed by atoms with Gasteiger partial charge in [0.25, 0.3) is 0 Å².